The van der Waals surface area contributed by atoms with Crippen LogP contribution in [0, 0.1) is 5.92 Å². The van der Waals surface area contributed by atoms with Gasteiger partial charge in [0.2, 0.25) is 0 Å². The summed E-state index contributed by atoms with van der Waals surface area (Å²) in [6.45, 7) is 2.31. The molecule has 2 nitrogen and oxygen atoms in total. The number of ether oxygens (including phenoxy) is 1. The van der Waals surface area contributed by atoms with E-state index in [0.29, 0.717) is 17.2 Å². The highest BCUT2D eigenvalue weighted by atomic mass is 79.9. The van der Waals surface area contributed by atoms with E-state index >= 15 is 0 Å². The monoisotopic (exact) mass is 296 g/mol. The number of carbonyl (C=O) groups excluding carboxylic acids is 1. The Hall–Kier alpha value is -0.830. The van der Waals surface area contributed by atoms with Gasteiger partial charge < -0.3 is 4.74 Å². The molecule has 92 valence electrons. The highest BCUT2D eigenvalue weighted by Gasteiger charge is 2.17. The Morgan fingerprint density at radius 1 is 1.41 bits per heavy atom. The minimum Gasteiger partial charge on any atom is -0.493 e. The van der Waals surface area contributed by atoms with Crippen LogP contribution < -0.4 is 4.74 Å². The van der Waals surface area contributed by atoms with Crippen molar-refractivity contribution in [1.82, 2.24) is 0 Å². The lowest BCUT2D eigenvalue weighted by Gasteiger charge is -2.13. The smallest absolute Gasteiger partial charge is 0.163 e. The fourth-order valence-corrected chi connectivity index (χ4v) is 2.65. The summed E-state index contributed by atoms with van der Waals surface area (Å²) in [6.07, 6.45) is 5.14. The second-order valence-electron chi connectivity index (χ2n) is 4.66. The number of halogens is 1. The molecule has 0 N–H and O–H groups in total. The quantitative estimate of drug-likeness (QED) is 0.778. The summed E-state index contributed by atoms with van der Waals surface area (Å²) in [5.74, 6) is 1.43. The van der Waals surface area contributed by atoms with E-state index in [9.17, 15) is 4.79 Å². The molecule has 0 bridgehead atoms. The SMILES string of the molecule is CC(=O)c1cc(Br)ccc1OCC1CCCC1. The Morgan fingerprint density at radius 3 is 2.76 bits per heavy atom. The fraction of sp³-hybridized carbons (Fsp3) is 0.500. The number of hydrogen-bond donors (Lipinski definition) is 0. The van der Waals surface area contributed by atoms with Gasteiger partial charge in [0, 0.05) is 4.47 Å². The van der Waals surface area contributed by atoms with Gasteiger partial charge in [0.05, 0.1) is 12.2 Å². The lowest BCUT2D eigenvalue weighted by Crippen LogP contribution is -2.10. The minimum atomic E-state index is 0.0488. The maximum Gasteiger partial charge on any atom is 0.163 e. The third-order valence-electron chi connectivity index (χ3n) is 3.27. The van der Waals surface area contributed by atoms with Gasteiger partial charge >= 0.3 is 0 Å². The molecule has 0 atom stereocenters. The Bertz CT molecular complexity index is 409. The molecule has 1 aromatic rings. The van der Waals surface area contributed by atoms with Crippen LogP contribution in [0.5, 0.6) is 5.75 Å². The highest BCUT2D eigenvalue weighted by molar-refractivity contribution is 9.10. The molecule has 0 heterocycles. The molecule has 1 aliphatic carbocycles. The lowest BCUT2D eigenvalue weighted by atomic mass is 10.1. The van der Waals surface area contributed by atoms with E-state index in [1.165, 1.54) is 25.7 Å². The summed E-state index contributed by atoms with van der Waals surface area (Å²) < 4.78 is 6.71. The third kappa shape index (κ3) is 3.32. The first-order valence-electron chi connectivity index (χ1n) is 6.10. The van der Waals surface area contributed by atoms with Crippen LogP contribution in [0.1, 0.15) is 43.0 Å². The normalized spacial score (nSPS) is 16.1. The van der Waals surface area contributed by atoms with Crippen LogP contribution in [-0.4, -0.2) is 12.4 Å². The van der Waals surface area contributed by atoms with Crippen LogP contribution in [0.15, 0.2) is 22.7 Å². The standard InChI is InChI=1S/C14H17BrO2/c1-10(16)13-8-12(15)6-7-14(13)17-9-11-4-2-3-5-11/h6-8,11H,2-5,9H2,1H3. The molecule has 1 aliphatic rings. The molecule has 0 amide bonds. The zero-order chi connectivity index (χ0) is 12.3. The van der Waals surface area contributed by atoms with Crippen molar-refractivity contribution in [3.8, 4) is 5.75 Å². The van der Waals surface area contributed by atoms with Crippen LogP contribution in [0.3, 0.4) is 0 Å². The predicted molar refractivity (Wildman–Crippen MR) is 71.6 cm³/mol. The topological polar surface area (TPSA) is 26.3 Å². The van der Waals surface area contributed by atoms with E-state index in [2.05, 4.69) is 15.9 Å². The molecule has 0 aromatic heterocycles. The molecule has 0 unspecified atom stereocenters. The van der Waals surface area contributed by atoms with E-state index in [-0.39, 0.29) is 5.78 Å². The number of Topliss-reactive ketones (excluding diaryl/α,β-unsaturated/α-hetero) is 1. The first-order valence-corrected chi connectivity index (χ1v) is 6.89. The molecule has 17 heavy (non-hydrogen) atoms. The Labute approximate surface area is 110 Å². The molecule has 0 aliphatic heterocycles. The molecule has 0 saturated heterocycles. The second-order valence-corrected chi connectivity index (χ2v) is 5.57. The fourth-order valence-electron chi connectivity index (χ4n) is 2.29. The molecule has 0 spiro atoms. The summed E-state index contributed by atoms with van der Waals surface area (Å²) >= 11 is 3.37. The van der Waals surface area contributed by atoms with Crippen molar-refractivity contribution < 1.29 is 9.53 Å². The maximum absolute atomic E-state index is 11.5. The van der Waals surface area contributed by atoms with E-state index in [1.54, 1.807) is 6.92 Å². The largest absolute Gasteiger partial charge is 0.493 e. The average Bonchev–Trinajstić information content (AvgIpc) is 2.80. The van der Waals surface area contributed by atoms with Gasteiger partial charge in [-0.1, -0.05) is 28.8 Å². The predicted octanol–water partition coefficient (Wildman–Crippen LogP) is 4.22. The Morgan fingerprint density at radius 2 is 2.12 bits per heavy atom. The summed E-state index contributed by atoms with van der Waals surface area (Å²) in [5, 5.41) is 0. The molecule has 1 fully saturated rings. The van der Waals surface area contributed by atoms with Gasteiger partial charge in [-0.15, -0.1) is 0 Å². The number of rotatable bonds is 4. The summed E-state index contributed by atoms with van der Waals surface area (Å²) in [6, 6.07) is 5.61. The molecule has 3 heteroatoms. The van der Waals surface area contributed by atoms with Crippen molar-refractivity contribution in [2.24, 2.45) is 5.92 Å². The van der Waals surface area contributed by atoms with E-state index < -0.39 is 0 Å². The van der Waals surface area contributed by atoms with Gasteiger partial charge in [-0.2, -0.15) is 0 Å². The molecule has 1 aromatic carbocycles. The van der Waals surface area contributed by atoms with Crippen molar-refractivity contribution in [3.05, 3.63) is 28.2 Å². The molecule has 2 rings (SSSR count). The summed E-state index contributed by atoms with van der Waals surface area (Å²) in [5.41, 5.74) is 0.664. The van der Waals surface area contributed by atoms with Crippen molar-refractivity contribution in [3.63, 3.8) is 0 Å². The zero-order valence-corrected chi connectivity index (χ0v) is 11.6. The highest BCUT2D eigenvalue weighted by Crippen LogP contribution is 2.28. The number of carbonyl (C=O) groups is 1. The first kappa shape index (κ1) is 12.6. The van der Waals surface area contributed by atoms with Crippen molar-refractivity contribution >= 4 is 21.7 Å². The van der Waals surface area contributed by atoms with Gasteiger partial charge in [-0.3, -0.25) is 4.79 Å². The van der Waals surface area contributed by atoms with Crippen LogP contribution in [0.25, 0.3) is 0 Å². The van der Waals surface area contributed by atoms with Crippen molar-refractivity contribution in [2.45, 2.75) is 32.6 Å². The molecule has 1 saturated carbocycles. The maximum atomic E-state index is 11.5. The minimum absolute atomic E-state index is 0.0488. The van der Waals surface area contributed by atoms with Gasteiger partial charge in [-0.05, 0) is 43.9 Å². The van der Waals surface area contributed by atoms with E-state index in [1.807, 2.05) is 18.2 Å². The average molecular weight is 297 g/mol. The number of hydrogen-bond acceptors (Lipinski definition) is 2. The summed E-state index contributed by atoms with van der Waals surface area (Å²) in [7, 11) is 0. The van der Waals surface area contributed by atoms with E-state index in [0.717, 1.165) is 11.1 Å². The number of benzene rings is 1. The molecule has 0 radical (unpaired) electrons. The van der Waals surface area contributed by atoms with Crippen LogP contribution in [0.4, 0.5) is 0 Å². The Kier molecular flexibility index (Phi) is 4.21. The van der Waals surface area contributed by atoms with Crippen molar-refractivity contribution in [2.75, 3.05) is 6.61 Å². The van der Waals surface area contributed by atoms with Crippen LogP contribution in [0.2, 0.25) is 0 Å². The zero-order valence-electron chi connectivity index (χ0n) is 10.0. The van der Waals surface area contributed by atoms with Crippen molar-refractivity contribution in [1.29, 1.82) is 0 Å². The second kappa shape index (κ2) is 5.67. The van der Waals surface area contributed by atoms with Gasteiger partial charge in [0.1, 0.15) is 5.75 Å². The van der Waals surface area contributed by atoms with Gasteiger partial charge in [-0.25, -0.2) is 0 Å². The van der Waals surface area contributed by atoms with Gasteiger partial charge in [0.15, 0.2) is 5.78 Å². The number of ketones is 1. The summed E-state index contributed by atoms with van der Waals surface area (Å²) in [4.78, 5) is 11.5. The van der Waals surface area contributed by atoms with Gasteiger partial charge in [0.25, 0.3) is 0 Å². The van der Waals surface area contributed by atoms with Crippen LogP contribution >= 0.6 is 15.9 Å². The van der Waals surface area contributed by atoms with Crippen LogP contribution in [-0.2, 0) is 0 Å². The Balaban J connectivity index is 2.06. The molecular formula is C14H17BrO2. The third-order valence-corrected chi connectivity index (χ3v) is 3.76. The van der Waals surface area contributed by atoms with E-state index in [4.69, 9.17) is 4.74 Å². The molecular weight excluding hydrogens is 280 g/mol. The lowest BCUT2D eigenvalue weighted by molar-refractivity contribution is 0.101. The first-order chi connectivity index (χ1) is 8.16.